The Morgan fingerprint density at radius 2 is 1.92 bits per heavy atom. The summed E-state index contributed by atoms with van der Waals surface area (Å²) in [5.74, 6) is 0.788. The molecule has 0 aliphatic heterocycles. The minimum absolute atomic E-state index is 0.00431. The second kappa shape index (κ2) is 8.14. The Morgan fingerprint density at radius 3 is 2.56 bits per heavy atom. The van der Waals surface area contributed by atoms with Crippen LogP contribution in [0.4, 0.5) is 5.69 Å². The van der Waals surface area contributed by atoms with Crippen LogP contribution in [0.25, 0.3) is 6.08 Å². The summed E-state index contributed by atoms with van der Waals surface area (Å²) in [6, 6.07) is 14.8. The van der Waals surface area contributed by atoms with Crippen LogP contribution in [-0.2, 0) is 6.61 Å². The van der Waals surface area contributed by atoms with Gasteiger partial charge >= 0.3 is 0 Å². The van der Waals surface area contributed by atoms with E-state index in [4.69, 9.17) is 20.0 Å². The molecule has 0 heterocycles. The van der Waals surface area contributed by atoms with Crippen LogP contribution in [0.3, 0.4) is 0 Å². The van der Waals surface area contributed by atoms with Gasteiger partial charge in [0.1, 0.15) is 24.3 Å². The maximum atomic E-state index is 11.0. The zero-order valence-electron chi connectivity index (χ0n) is 13.3. The number of hydrogen-bond acceptors (Lipinski definition) is 6. The molecule has 124 valence electrons. The van der Waals surface area contributed by atoms with Crippen molar-refractivity contribution in [2.45, 2.75) is 6.61 Å². The summed E-state index contributed by atoms with van der Waals surface area (Å²) in [6.45, 7) is 0.00431. The molecule has 2 aromatic carbocycles. The number of para-hydroxylation sites is 1. The summed E-state index contributed by atoms with van der Waals surface area (Å²) >= 11 is 0. The van der Waals surface area contributed by atoms with E-state index in [1.165, 1.54) is 19.3 Å². The molecule has 0 aliphatic rings. The van der Waals surface area contributed by atoms with Crippen molar-refractivity contribution in [1.29, 1.82) is 10.5 Å². The largest absolute Gasteiger partial charge is 0.493 e. The molecule has 25 heavy (non-hydrogen) atoms. The fraction of sp³-hybridized carbons (Fsp3) is 0.111. The molecule has 0 saturated carbocycles. The third kappa shape index (κ3) is 4.34. The minimum atomic E-state index is -0.463. The quantitative estimate of drug-likeness (QED) is 0.453. The first-order valence-electron chi connectivity index (χ1n) is 7.14. The van der Waals surface area contributed by atoms with Crippen molar-refractivity contribution in [2.75, 3.05) is 7.11 Å². The van der Waals surface area contributed by atoms with Crippen LogP contribution in [-0.4, -0.2) is 12.0 Å². The van der Waals surface area contributed by atoms with Gasteiger partial charge < -0.3 is 9.47 Å². The zero-order chi connectivity index (χ0) is 18.2. The van der Waals surface area contributed by atoms with Gasteiger partial charge in [0.2, 0.25) is 0 Å². The average molecular weight is 335 g/mol. The molecule has 0 aromatic heterocycles. The summed E-state index contributed by atoms with van der Waals surface area (Å²) < 4.78 is 10.9. The van der Waals surface area contributed by atoms with E-state index in [-0.39, 0.29) is 17.9 Å². The normalized spacial score (nSPS) is 9.40. The van der Waals surface area contributed by atoms with Crippen molar-refractivity contribution in [3.63, 3.8) is 0 Å². The second-order valence-corrected chi connectivity index (χ2v) is 4.87. The molecule has 0 spiro atoms. The van der Waals surface area contributed by atoms with Crippen LogP contribution in [0.15, 0.2) is 48.0 Å². The third-order valence-electron chi connectivity index (χ3n) is 3.31. The van der Waals surface area contributed by atoms with Crippen molar-refractivity contribution in [3.8, 4) is 23.6 Å². The number of nitriles is 2. The first-order chi connectivity index (χ1) is 12.1. The second-order valence-electron chi connectivity index (χ2n) is 4.87. The molecule has 0 aliphatic carbocycles. The molecule has 0 atom stereocenters. The number of allylic oxidation sites excluding steroid dienone is 1. The lowest BCUT2D eigenvalue weighted by molar-refractivity contribution is -0.385. The first kappa shape index (κ1) is 17.5. The highest BCUT2D eigenvalue weighted by Gasteiger charge is 2.14. The summed E-state index contributed by atoms with van der Waals surface area (Å²) in [5.41, 5.74) is 0.993. The number of ether oxygens (including phenoxy) is 2. The van der Waals surface area contributed by atoms with E-state index in [0.717, 1.165) is 0 Å². The van der Waals surface area contributed by atoms with Gasteiger partial charge in [-0.1, -0.05) is 18.2 Å². The van der Waals surface area contributed by atoms with E-state index < -0.39 is 4.92 Å². The van der Waals surface area contributed by atoms with E-state index in [0.29, 0.717) is 22.6 Å². The highest BCUT2D eigenvalue weighted by atomic mass is 16.6. The van der Waals surface area contributed by atoms with Gasteiger partial charge in [-0.25, -0.2) is 0 Å². The van der Waals surface area contributed by atoms with Gasteiger partial charge in [-0.2, -0.15) is 10.5 Å². The Labute approximate surface area is 144 Å². The van der Waals surface area contributed by atoms with E-state index in [1.54, 1.807) is 48.5 Å². The van der Waals surface area contributed by atoms with Gasteiger partial charge in [-0.3, -0.25) is 10.1 Å². The zero-order valence-corrected chi connectivity index (χ0v) is 13.3. The van der Waals surface area contributed by atoms with Crippen molar-refractivity contribution >= 4 is 11.8 Å². The van der Waals surface area contributed by atoms with Crippen LogP contribution < -0.4 is 9.47 Å². The standard InChI is InChI=1S/C18H13N3O4/c1-24-18-9-13(8-14(10-19)11-20)6-7-17(18)25-12-15-4-2-3-5-16(15)21(22)23/h2-9H,12H2,1H3. The Bertz CT molecular complexity index is 891. The maximum absolute atomic E-state index is 11.0. The lowest BCUT2D eigenvalue weighted by Crippen LogP contribution is -2.01. The lowest BCUT2D eigenvalue weighted by atomic mass is 10.1. The van der Waals surface area contributed by atoms with Crippen LogP contribution >= 0.6 is 0 Å². The predicted molar refractivity (Wildman–Crippen MR) is 89.6 cm³/mol. The molecule has 0 radical (unpaired) electrons. The van der Waals surface area contributed by atoms with Crippen molar-refractivity contribution < 1.29 is 14.4 Å². The number of nitro benzene ring substituents is 1. The first-order valence-corrected chi connectivity index (χ1v) is 7.14. The van der Waals surface area contributed by atoms with Crippen LogP contribution in [0.5, 0.6) is 11.5 Å². The van der Waals surface area contributed by atoms with E-state index >= 15 is 0 Å². The van der Waals surface area contributed by atoms with Crippen LogP contribution in [0, 0.1) is 32.8 Å². The molecule has 7 nitrogen and oxygen atoms in total. The van der Waals surface area contributed by atoms with Gasteiger partial charge in [-0.05, 0) is 29.8 Å². The number of nitro groups is 1. The van der Waals surface area contributed by atoms with Crippen molar-refractivity contribution in [2.24, 2.45) is 0 Å². The van der Waals surface area contributed by atoms with E-state index in [9.17, 15) is 10.1 Å². The van der Waals surface area contributed by atoms with Crippen molar-refractivity contribution in [3.05, 3.63) is 69.3 Å². The van der Waals surface area contributed by atoms with Crippen LogP contribution in [0.2, 0.25) is 0 Å². The Kier molecular flexibility index (Phi) is 5.70. The van der Waals surface area contributed by atoms with Gasteiger partial charge in [-0.15, -0.1) is 0 Å². The molecular formula is C18H13N3O4. The average Bonchev–Trinajstić information content (AvgIpc) is 2.64. The molecule has 0 amide bonds. The molecule has 0 fully saturated rings. The topological polar surface area (TPSA) is 109 Å². The lowest BCUT2D eigenvalue weighted by Gasteiger charge is -2.11. The maximum Gasteiger partial charge on any atom is 0.276 e. The van der Waals surface area contributed by atoms with Crippen LogP contribution in [0.1, 0.15) is 11.1 Å². The number of nitrogens with zero attached hydrogens (tertiary/aromatic N) is 3. The van der Waals surface area contributed by atoms with Gasteiger partial charge in [0, 0.05) is 6.07 Å². The molecule has 7 heteroatoms. The Balaban J connectivity index is 2.24. The monoisotopic (exact) mass is 335 g/mol. The Morgan fingerprint density at radius 1 is 1.20 bits per heavy atom. The summed E-state index contributed by atoms with van der Waals surface area (Å²) in [4.78, 5) is 10.6. The number of hydrogen-bond donors (Lipinski definition) is 0. The fourth-order valence-corrected chi connectivity index (χ4v) is 2.12. The highest BCUT2D eigenvalue weighted by molar-refractivity contribution is 5.64. The minimum Gasteiger partial charge on any atom is -0.493 e. The summed E-state index contributed by atoms with van der Waals surface area (Å²) in [5, 5.41) is 28.6. The molecule has 2 aromatic rings. The van der Waals surface area contributed by atoms with Gasteiger partial charge in [0.25, 0.3) is 5.69 Å². The fourth-order valence-electron chi connectivity index (χ4n) is 2.12. The predicted octanol–water partition coefficient (Wildman–Crippen LogP) is 3.61. The number of benzene rings is 2. The smallest absolute Gasteiger partial charge is 0.276 e. The number of rotatable bonds is 6. The molecule has 0 saturated heterocycles. The Hall–Kier alpha value is -3.84. The highest BCUT2D eigenvalue weighted by Crippen LogP contribution is 2.30. The van der Waals surface area contributed by atoms with Crippen molar-refractivity contribution in [1.82, 2.24) is 0 Å². The molecule has 0 unspecified atom stereocenters. The molecule has 2 rings (SSSR count). The SMILES string of the molecule is COc1cc(C=C(C#N)C#N)ccc1OCc1ccccc1[N+](=O)[O-]. The van der Waals surface area contributed by atoms with Gasteiger partial charge in [0.15, 0.2) is 11.5 Å². The number of methoxy groups -OCH3 is 1. The molecular weight excluding hydrogens is 322 g/mol. The summed E-state index contributed by atoms with van der Waals surface area (Å²) in [6.07, 6.45) is 1.42. The molecule has 0 N–H and O–H groups in total. The van der Waals surface area contributed by atoms with Gasteiger partial charge in [0.05, 0.1) is 17.6 Å². The van der Waals surface area contributed by atoms with E-state index in [2.05, 4.69) is 0 Å². The van der Waals surface area contributed by atoms with E-state index in [1.807, 2.05) is 0 Å². The molecule has 0 bridgehead atoms. The third-order valence-corrected chi connectivity index (χ3v) is 3.31. The summed E-state index contributed by atoms with van der Waals surface area (Å²) in [7, 11) is 1.45.